The van der Waals surface area contributed by atoms with Crippen molar-refractivity contribution in [3.8, 4) is 11.5 Å². The Kier molecular flexibility index (Phi) is 4.13. The summed E-state index contributed by atoms with van der Waals surface area (Å²) in [7, 11) is 1.18. The summed E-state index contributed by atoms with van der Waals surface area (Å²) in [6.45, 7) is -0.703. The zero-order valence-corrected chi connectivity index (χ0v) is 8.91. The number of aliphatic hydroxyl groups is 1. The summed E-state index contributed by atoms with van der Waals surface area (Å²) in [5.74, 6) is -0.762. The minimum Gasteiger partial charge on any atom is -0.493 e. The Hall–Kier alpha value is -1.54. The minimum atomic E-state index is -4.86. The van der Waals surface area contributed by atoms with Crippen molar-refractivity contribution in [3.05, 3.63) is 17.5 Å². The molecule has 0 bridgehead atoms. The molecule has 1 heterocycles. The van der Waals surface area contributed by atoms with Crippen molar-refractivity contribution in [1.29, 1.82) is 0 Å². The summed E-state index contributed by atoms with van der Waals surface area (Å²) >= 11 is 0. The van der Waals surface area contributed by atoms with E-state index in [1.165, 1.54) is 7.11 Å². The van der Waals surface area contributed by atoms with Crippen LogP contribution in [-0.4, -0.2) is 23.6 Å². The van der Waals surface area contributed by atoms with Crippen LogP contribution in [0.1, 0.15) is 11.4 Å². The molecule has 1 aromatic heterocycles. The predicted molar refractivity (Wildman–Crippen MR) is 51.3 cm³/mol. The molecule has 0 fully saturated rings. The van der Waals surface area contributed by atoms with Gasteiger partial charge >= 0.3 is 6.36 Å². The van der Waals surface area contributed by atoms with E-state index >= 15 is 0 Å². The number of alkyl halides is 3. The van der Waals surface area contributed by atoms with E-state index in [1.807, 2.05) is 0 Å². The first-order valence-electron chi connectivity index (χ1n) is 4.54. The van der Waals surface area contributed by atoms with Gasteiger partial charge in [0.15, 0.2) is 11.5 Å². The number of halogens is 3. The van der Waals surface area contributed by atoms with Crippen molar-refractivity contribution in [3.63, 3.8) is 0 Å². The lowest BCUT2D eigenvalue weighted by atomic mass is 10.2. The maximum atomic E-state index is 12.2. The highest BCUT2D eigenvalue weighted by Crippen LogP contribution is 2.35. The van der Waals surface area contributed by atoms with Gasteiger partial charge in [0.1, 0.15) is 5.69 Å². The van der Waals surface area contributed by atoms with Crippen molar-refractivity contribution >= 4 is 0 Å². The molecule has 96 valence electrons. The first-order chi connectivity index (χ1) is 7.91. The lowest BCUT2D eigenvalue weighted by molar-refractivity contribution is -0.275. The average molecular weight is 252 g/mol. The monoisotopic (exact) mass is 252 g/mol. The van der Waals surface area contributed by atoms with Crippen LogP contribution in [0.2, 0.25) is 0 Å². The third-order valence-electron chi connectivity index (χ3n) is 1.86. The zero-order chi connectivity index (χ0) is 13.1. The Labute approximate surface area is 95.0 Å². The second-order valence-electron chi connectivity index (χ2n) is 3.00. The van der Waals surface area contributed by atoms with Gasteiger partial charge in [-0.15, -0.1) is 13.2 Å². The molecule has 0 aliphatic heterocycles. The molecule has 0 aromatic carbocycles. The summed E-state index contributed by atoms with van der Waals surface area (Å²) in [6, 6.07) is 1.15. The largest absolute Gasteiger partial charge is 0.573 e. The van der Waals surface area contributed by atoms with Crippen LogP contribution in [0, 0.1) is 0 Å². The van der Waals surface area contributed by atoms with Crippen molar-refractivity contribution in [2.45, 2.75) is 19.5 Å². The lowest BCUT2D eigenvalue weighted by Gasteiger charge is -2.16. The van der Waals surface area contributed by atoms with Crippen LogP contribution >= 0.6 is 0 Å². The molecule has 17 heavy (non-hydrogen) atoms. The normalized spacial score (nSPS) is 11.4. The number of aliphatic hydroxyl groups excluding tert-OH is 1. The van der Waals surface area contributed by atoms with E-state index in [1.54, 1.807) is 0 Å². The third kappa shape index (κ3) is 3.46. The molecule has 0 radical (unpaired) electrons. The van der Waals surface area contributed by atoms with E-state index in [4.69, 9.17) is 15.6 Å². The summed E-state index contributed by atoms with van der Waals surface area (Å²) in [5.41, 5.74) is 5.29. The van der Waals surface area contributed by atoms with Crippen LogP contribution < -0.4 is 15.2 Å². The molecule has 0 spiro atoms. The average Bonchev–Trinajstić information content (AvgIpc) is 2.27. The minimum absolute atomic E-state index is 0.134. The second-order valence-corrected chi connectivity index (χ2v) is 3.00. The van der Waals surface area contributed by atoms with Crippen LogP contribution in [-0.2, 0) is 13.2 Å². The molecule has 8 heteroatoms. The molecule has 0 atom stereocenters. The molecule has 1 aromatic rings. The topological polar surface area (TPSA) is 77.6 Å². The molecule has 5 nitrogen and oxygen atoms in total. The Morgan fingerprint density at radius 3 is 2.53 bits per heavy atom. The number of rotatable bonds is 4. The van der Waals surface area contributed by atoms with Crippen molar-refractivity contribution in [1.82, 2.24) is 4.98 Å². The van der Waals surface area contributed by atoms with E-state index in [9.17, 15) is 13.2 Å². The zero-order valence-electron chi connectivity index (χ0n) is 8.91. The maximum absolute atomic E-state index is 12.2. The van der Waals surface area contributed by atoms with Crippen molar-refractivity contribution < 1.29 is 27.8 Å². The molecule has 0 saturated carbocycles. The van der Waals surface area contributed by atoms with Crippen LogP contribution in [0.4, 0.5) is 13.2 Å². The van der Waals surface area contributed by atoms with E-state index in [0.717, 1.165) is 6.07 Å². The Morgan fingerprint density at radius 2 is 2.12 bits per heavy atom. The number of nitrogens with zero attached hydrogens (tertiary/aromatic N) is 1. The fraction of sp³-hybridized carbons (Fsp3) is 0.444. The molecule has 0 amide bonds. The number of pyridine rings is 1. The number of hydrogen-bond donors (Lipinski definition) is 2. The highest BCUT2D eigenvalue weighted by molar-refractivity contribution is 5.44. The number of hydrogen-bond acceptors (Lipinski definition) is 5. The number of nitrogens with two attached hydrogens (primary N) is 1. The number of aromatic nitrogens is 1. The Bertz CT molecular complexity index is 371. The number of methoxy groups -OCH3 is 1. The van der Waals surface area contributed by atoms with Gasteiger partial charge in [-0.2, -0.15) is 0 Å². The standard InChI is InChI=1S/C9H11F3N2O3/c1-16-7-2-5(4-15)14-6(3-13)8(7)17-9(10,11)12/h2,15H,3-4,13H2,1H3. The summed E-state index contributed by atoms with van der Waals surface area (Å²) < 4.78 is 45.0. The van der Waals surface area contributed by atoms with E-state index < -0.39 is 18.7 Å². The lowest BCUT2D eigenvalue weighted by Crippen LogP contribution is -2.20. The summed E-state index contributed by atoms with van der Waals surface area (Å²) in [6.07, 6.45) is -4.86. The highest BCUT2D eigenvalue weighted by Gasteiger charge is 2.34. The van der Waals surface area contributed by atoms with Gasteiger partial charge in [0.25, 0.3) is 0 Å². The smallest absolute Gasteiger partial charge is 0.493 e. The van der Waals surface area contributed by atoms with Gasteiger partial charge in [-0.05, 0) is 0 Å². The van der Waals surface area contributed by atoms with Crippen LogP contribution in [0.25, 0.3) is 0 Å². The molecule has 0 aliphatic rings. The molecule has 1 rings (SSSR count). The molecular weight excluding hydrogens is 241 g/mol. The van der Waals surface area contributed by atoms with Gasteiger partial charge in [-0.1, -0.05) is 0 Å². The predicted octanol–water partition coefficient (Wildman–Crippen LogP) is 0.940. The fourth-order valence-corrected chi connectivity index (χ4v) is 1.21. The molecule has 0 saturated heterocycles. The third-order valence-corrected chi connectivity index (χ3v) is 1.86. The molecular formula is C9H11F3N2O3. The highest BCUT2D eigenvalue weighted by atomic mass is 19.4. The molecule has 0 unspecified atom stereocenters. The summed E-state index contributed by atoms with van der Waals surface area (Å²) in [4.78, 5) is 3.72. The molecule has 3 N–H and O–H groups in total. The van der Waals surface area contributed by atoms with Crippen LogP contribution in [0.3, 0.4) is 0 Å². The van der Waals surface area contributed by atoms with E-state index in [-0.39, 0.29) is 23.7 Å². The quantitative estimate of drug-likeness (QED) is 0.833. The van der Waals surface area contributed by atoms with Crippen molar-refractivity contribution in [2.24, 2.45) is 5.73 Å². The van der Waals surface area contributed by atoms with E-state index in [0.29, 0.717) is 0 Å². The Balaban J connectivity index is 3.24. The summed E-state index contributed by atoms with van der Waals surface area (Å²) in [5, 5.41) is 8.88. The van der Waals surface area contributed by atoms with Gasteiger partial charge in [0.05, 0.1) is 19.4 Å². The number of ether oxygens (including phenoxy) is 2. The van der Waals surface area contributed by atoms with E-state index in [2.05, 4.69) is 9.72 Å². The Morgan fingerprint density at radius 1 is 1.47 bits per heavy atom. The SMILES string of the molecule is COc1cc(CO)nc(CN)c1OC(F)(F)F. The van der Waals surface area contributed by atoms with Crippen molar-refractivity contribution in [2.75, 3.05) is 7.11 Å². The fourth-order valence-electron chi connectivity index (χ4n) is 1.21. The first kappa shape index (κ1) is 13.5. The van der Waals surface area contributed by atoms with Gasteiger partial charge in [-0.3, -0.25) is 0 Å². The van der Waals surface area contributed by atoms with Gasteiger partial charge < -0.3 is 20.3 Å². The van der Waals surface area contributed by atoms with Gasteiger partial charge in [0.2, 0.25) is 0 Å². The van der Waals surface area contributed by atoms with Gasteiger partial charge in [0, 0.05) is 12.6 Å². The van der Waals surface area contributed by atoms with Crippen LogP contribution in [0.15, 0.2) is 6.07 Å². The maximum Gasteiger partial charge on any atom is 0.573 e. The van der Waals surface area contributed by atoms with Crippen LogP contribution in [0.5, 0.6) is 11.5 Å². The second kappa shape index (κ2) is 5.19. The van der Waals surface area contributed by atoms with Gasteiger partial charge in [-0.25, -0.2) is 4.98 Å². The molecule has 0 aliphatic carbocycles. The first-order valence-corrected chi connectivity index (χ1v) is 4.54.